The summed E-state index contributed by atoms with van der Waals surface area (Å²) in [6.07, 6.45) is 9.77. The molecule has 0 saturated carbocycles. The highest BCUT2D eigenvalue weighted by molar-refractivity contribution is 5.77. The summed E-state index contributed by atoms with van der Waals surface area (Å²) < 4.78 is 15.3. The lowest BCUT2D eigenvalue weighted by atomic mass is 9.63. The molecule has 1 atom stereocenters. The molecule has 0 amide bonds. The number of hydrogen-bond donors (Lipinski definition) is 0. The maximum Gasteiger partial charge on any atom is 0.123 e. The highest BCUT2D eigenvalue weighted by atomic mass is 19.1. The van der Waals surface area contributed by atoms with Gasteiger partial charge in [-0.1, -0.05) is 18.2 Å². The molecule has 1 aliphatic heterocycles. The molecule has 0 spiro atoms. The largest absolute Gasteiger partial charge is 0.305 e. The van der Waals surface area contributed by atoms with Crippen molar-refractivity contribution >= 4 is 11.6 Å². The lowest BCUT2D eigenvalue weighted by Crippen LogP contribution is -2.46. The first kappa shape index (κ1) is 18.0. The first-order valence-electron chi connectivity index (χ1n) is 9.89. The van der Waals surface area contributed by atoms with Crippen molar-refractivity contribution in [1.82, 2.24) is 19.7 Å². The van der Waals surface area contributed by atoms with Crippen molar-refractivity contribution in [2.75, 3.05) is 20.1 Å². The first-order chi connectivity index (χ1) is 14.1. The summed E-state index contributed by atoms with van der Waals surface area (Å²) in [4.78, 5) is 6.69. The molecule has 0 radical (unpaired) electrons. The Labute approximate surface area is 170 Å². The van der Waals surface area contributed by atoms with E-state index in [4.69, 9.17) is 0 Å². The molecule has 1 unspecified atom stereocenters. The normalized spacial score (nSPS) is 21.2. The third-order valence-corrected chi connectivity index (χ3v) is 6.27. The van der Waals surface area contributed by atoms with E-state index in [1.54, 1.807) is 18.3 Å². The van der Waals surface area contributed by atoms with Crippen molar-refractivity contribution in [2.24, 2.45) is 5.41 Å². The molecule has 4 nitrogen and oxygen atoms in total. The number of aromatic nitrogens is 3. The Kier molecular flexibility index (Phi) is 4.21. The van der Waals surface area contributed by atoms with Gasteiger partial charge in [0.1, 0.15) is 5.82 Å². The van der Waals surface area contributed by atoms with Crippen LogP contribution in [0.3, 0.4) is 0 Å². The Hall–Kier alpha value is -3.05. The molecule has 5 heteroatoms. The Morgan fingerprint density at radius 1 is 1.17 bits per heavy atom. The minimum absolute atomic E-state index is 0.153. The summed E-state index contributed by atoms with van der Waals surface area (Å²) in [5.41, 5.74) is 6.59. The number of fused-ring (bicyclic) bond motifs is 2. The van der Waals surface area contributed by atoms with Gasteiger partial charge >= 0.3 is 0 Å². The van der Waals surface area contributed by atoms with Crippen molar-refractivity contribution in [1.29, 1.82) is 0 Å². The van der Waals surface area contributed by atoms with E-state index in [2.05, 4.69) is 40.8 Å². The summed E-state index contributed by atoms with van der Waals surface area (Å²) in [6, 6.07) is 10.5. The van der Waals surface area contributed by atoms with E-state index < -0.39 is 0 Å². The summed E-state index contributed by atoms with van der Waals surface area (Å²) >= 11 is 0. The second-order valence-corrected chi connectivity index (χ2v) is 8.08. The summed E-state index contributed by atoms with van der Waals surface area (Å²) in [5, 5.41) is 4.63. The van der Waals surface area contributed by atoms with Gasteiger partial charge in [-0.25, -0.2) is 9.07 Å². The predicted molar refractivity (Wildman–Crippen MR) is 113 cm³/mol. The second-order valence-electron chi connectivity index (χ2n) is 8.08. The van der Waals surface area contributed by atoms with Gasteiger partial charge < -0.3 is 4.90 Å². The molecule has 1 saturated heterocycles. The maximum absolute atomic E-state index is 13.4. The van der Waals surface area contributed by atoms with E-state index in [9.17, 15) is 4.39 Å². The third-order valence-electron chi connectivity index (χ3n) is 6.27. The quantitative estimate of drug-likeness (QED) is 0.670. The highest BCUT2D eigenvalue weighted by Crippen LogP contribution is 2.51. The second kappa shape index (κ2) is 6.78. The smallest absolute Gasteiger partial charge is 0.123 e. The molecular weight excluding hydrogens is 363 g/mol. The van der Waals surface area contributed by atoms with Gasteiger partial charge in [-0.3, -0.25) is 4.98 Å². The molecule has 2 aromatic heterocycles. The first-order valence-corrected chi connectivity index (χ1v) is 9.89. The van der Waals surface area contributed by atoms with Gasteiger partial charge in [0.25, 0.3) is 0 Å². The van der Waals surface area contributed by atoms with E-state index in [-0.39, 0.29) is 11.2 Å². The summed E-state index contributed by atoms with van der Waals surface area (Å²) in [6.45, 7) is 6.48. The van der Waals surface area contributed by atoms with Crippen LogP contribution in [0.15, 0.2) is 67.1 Å². The number of pyridine rings is 1. The molecule has 29 heavy (non-hydrogen) atoms. The van der Waals surface area contributed by atoms with E-state index in [0.29, 0.717) is 0 Å². The minimum atomic E-state index is -0.241. The molecule has 0 N–H and O–H groups in total. The van der Waals surface area contributed by atoms with E-state index in [1.807, 2.05) is 23.1 Å². The van der Waals surface area contributed by atoms with Crippen LogP contribution in [0.4, 0.5) is 4.39 Å². The van der Waals surface area contributed by atoms with Crippen LogP contribution in [0.25, 0.3) is 17.3 Å². The molecular formula is C24H23FN4. The van der Waals surface area contributed by atoms with Crippen LogP contribution >= 0.6 is 0 Å². The lowest BCUT2D eigenvalue weighted by Gasteiger charge is -2.47. The molecule has 2 aliphatic rings. The molecule has 3 heterocycles. The number of likely N-dealkylation sites (tertiary alicyclic amines) is 1. The zero-order valence-electron chi connectivity index (χ0n) is 16.5. The number of benzene rings is 1. The molecule has 146 valence electrons. The van der Waals surface area contributed by atoms with Gasteiger partial charge in [-0.2, -0.15) is 5.10 Å². The van der Waals surface area contributed by atoms with E-state index in [1.165, 1.54) is 23.3 Å². The van der Waals surface area contributed by atoms with Crippen molar-refractivity contribution in [3.8, 4) is 5.69 Å². The average molecular weight is 386 g/mol. The fourth-order valence-electron chi connectivity index (χ4n) is 4.75. The molecule has 0 bridgehead atoms. The van der Waals surface area contributed by atoms with Crippen molar-refractivity contribution in [2.45, 2.75) is 12.8 Å². The Morgan fingerprint density at radius 2 is 2.00 bits per heavy atom. The molecule has 5 rings (SSSR count). The maximum atomic E-state index is 13.4. The van der Waals surface area contributed by atoms with Crippen LogP contribution in [-0.4, -0.2) is 39.8 Å². The zero-order chi connectivity index (χ0) is 20.0. The number of rotatable bonds is 3. The fourth-order valence-corrected chi connectivity index (χ4v) is 4.75. The molecule has 3 aromatic rings. The lowest BCUT2D eigenvalue weighted by molar-refractivity contribution is 0.213. The topological polar surface area (TPSA) is 34.0 Å². The molecule has 1 aliphatic carbocycles. The summed E-state index contributed by atoms with van der Waals surface area (Å²) in [5.74, 6) is -0.241. The molecule has 1 aromatic carbocycles. The number of piperidine rings is 1. The summed E-state index contributed by atoms with van der Waals surface area (Å²) in [7, 11) is 2.17. The van der Waals surface area contributed by atoms with Crippen LogP contribution in [0.5, 0.6) is 0 Å². The van der Waals surface area contributed by atoms with Gasteiger partial charge in [0, 0.05) is 30.9 Å². The SMILES string of the molecule is C=C(c1cccnc1)C12Cc3cnn(-c4ccc(F)cc4)c3C=C1CCN(C)C2. The number of hydrogen-bond acceptors (Lipinski definition) is 3. The van der Waals surface area contributed by atoms with Crippen LogP contribution in [0.1, 0.15) is 23.2 Å². The van der Waals surface area contributed by atoms with Crippen LogP contribution in [-0.2, 0) is 6.42 Å². The van der Waals surface area contributed by atoms with E-state index >= 15 is 0 Å². The zero-order valence-corrected chi connectivity index (χ0v) is 16.5. The predicted octanol–water partition coefficient (Wildman–Crippen LogP) is 4.38. The molecule has 1 fully saturated rings. The standard InChI is InChI=1S/C24H23FN4/c1-17(18-4-3-10-26-14-18)24-13-19-15-27-29(22-7-5-21(25)6-8-22)23(19)12-20(24)9-11-28(2)16-24/h3-8,10,12,14-15H,1,9,11,13,16H2,2H3. The minimum Gasteiger partial charge on any atom is -0.305 e. The van der Waals surface area contributed by atoms with Crippen molar-refractivity contribution < 1.29 is 4.39 Å². The Bertz CT molecular complexity index is 1100. The highest BCUT2D eigenvalue weighted by Gasteiger charge is 2.44. The van der Waals surface area contributed by atoms with Crippen LogP contribution in [0, 0.1) is 11.2 Å². The van der Waals surface area contributed by atoms with Crippen LogP contribution in [0.2, 0.25) is 0 Å². The monoisotopic (exact) mass is 386 g/mol. The van der Waals surface area contributed by atoms with Crippen molar-refractivity contribution in [3.05, 3.63) is 89.8 Å². The third kappa shape index (κ3) is 2.93. The van der Waals surface area contributed by atoms with Gasteiger partial charge in [0.05, 0.1) is 17.6 Å². The Balaban J connectivity index is 1.61. The van der Waals surface area contributed by atoms with Crippen LogP contribution < -0.4 is 0 Å². The van der Waals surface area contributed by atoms with Gasteiger partial charge in [-0.05, 0) is 73.0 Å². The Morgan fingerprint density at radius 3 is 2.76 bits per heavy atom. The fraction of sp³-hybridized carbons (Fsp3) is 0.250. The average Bonchev–Trinajstić information content (AvgIpc) is 3.15. The van der Waals surface area contributed by atoms with Gasteiger partial charge in [0.15, 0.2) is 0 Å². The number of nitrogens with zero attached hydrogens (tertiary/aromatic N) is 4. The number of halogens is 1. The van der Waals surface area contributed by atoms with E-state index in [0.717, 1.165) is 48.4 Å². The van der Waals surface area contributed by atoms with Gasteiger partial charge in [-0.15, -0.1) is 0 Å². The van der Waals surface area contributed by atoms with Gasteiger partial charge in [0.2, 0.25) is 0 Å². The van der Waals surface area contributed by atoms with Crippen molar-refractivity contribution in [3.63, 3.8) is 0 Å².